The molecule has 0 saturated heterocycles. The highest BCUT2D eigenvalue weighted by molar-refractivity contribution is 6.67. The van der Waals surface area contributed by atoms with Crippen LogP contribution < -0.4 is 11.1 Å². The van der Waals surface area contributed by atoms with E-state index in [1.807, 2.05) is 6.92 Å². The first kappa shape index (κ1) is 9.46. The van der Waals surface area contributed by atoms with Crippen LogP contribution in [0.4, 0.5) is 0 Å². The molecule has 0 aliphatic carbocycles. The third-order valence-corrected chi connectivity index (χ3v) is 1.44. The second-order valence-corrected chi connectivity index (χ2v) is 2.27. The fraction of sp³-hybridized carbons (Fsp3) is 0.500. The molecule has 0 aliphatic rings. The third-order valence-electron chi connectivity index (χ3n) is 1.21. The van der Waals surface area contributed by atoms with Crippen molar-refractivity contribution in [3.05, 3.63) is 11.3 Å². The van der Waals surface area contributed by atoms with Gasteiger partial charge in [0.15, 0.2) is 0 Å². The highest BCUT2D eigenvalue weighted by atomic mass is 35.5. The summed E-state index contributed by atoms with van der Waals surface area (Å²) < 4.78 is 0. The predicted molar refractivity (Wildman–Crippen MR) is 41.4 cm³/mol. The Hall–Kier alpha value is -0.540. The maximum Gasteiger partial charge on any atom is 0.273 e. The molecule has 0 amide bonds. The van der Waals surface area contributed by atoms with E-state index in [9.17, 15) is 0 Å². The Morgan fingerprint density at radius 2 is 2.20 bits per heavy atom. The Bertz CT molecular complexity index is 165. The number of aliphatic hydroxyl groups is 1. The molecule has 0 heterocycles. The Kier molecular flexibility index (Phi) is 4.07. The van der Waals surface area contributed by atoms with Crippen molar-refractivity contribution in [1.82, 2.24) is 0 Å². The number of allylic oxidation sites excluding steroid dienone is 1. The van der Waals surface area contributed by atoms with Gasteiger partial charge in [0.25, 0.3) is 5.17 Å². The standard InChI is InChI=1S/C6H11ClN2O/c1-2-5(8)4(3-10)6(7)9/h9-10H,2-3,8H2,1H3/p+1. The van der Waals surface area contributed by atoms with E-state index in [-0.39, 0.29) is 11.8 Å². The van der Waals surface area contributed by atoms with Crippen molar-refractivity contribution < 1.29 is 10.5 Å². The zero-order valence-corrected chi connectivity index (χ0v) is 6.65. The zero-order chi connectivity index (χ0) is 8.15. The van der Waals surface area contributed by atoms with Crippen LogP contribution in [0.5, 0.6) is 0 Å². The summed E-state index contributed by atoms with van der Waals surface area (Å²) in [5.74, 6) is 0. The van der Waals surface area contributed by atoms with Crippen LogP contribution in [0.3, 0.4) is 0 Å². The van der Waals surface area contributed by atoms with Crippen LogP contribution in [0.1, 0.15) is 13.3 Å². The zero-order valence-electron chi connectivity index (χ0n) is 5.89. The lowest BCUT2D eigenvalue weighted by Gasteiger charge is -1.99. The van der Waals surface area contributed by atoms with Crippen molar-refractivity contribution >= 4 is 16.8 Å². The molecule has 0 saturated carbocycles. The quantitative estimate of drug-likeness (QED) is 0.467. The maximum absolute atomic E-state index is 8.67. The Balaban J connectivity index is 4.45. The first-order valence-corrected chi connectivity index (χ1v) is 3.37. The minimum atomic E-state index is -0.199. The number of hydrogen-bond donors (Lipinski definition) is 3. The summed E-state index contributed by atoms with van der Waals surface area (Å²) in [6.45, 7) is 1.67. The first-order chi connectivity index (χ1) is 4.63. The van der Waals surface area contributed by atoms with E-state index in [0.29, 0.717) is 17.7 Å². The van der Waals surface area contributed by atoms with E-state index in [1.165, 1.54) is 0 Å². The summed E-state index contributed by atoms with van der Waals surface area (Å²) in [6.07, 6.45) is 0.642. The molecule has 10 heavy (non-hydrogen) atoms. The molecule has 5 N–H and O–H groups in total. The summed E-state index contributed by atoms with van der Waals surface area (Å²) >= 11 is 5.41. The van der Waals surface area contributed by atoms with Crippen molar-refractivity contribution in [3.63, 3.8) is 0 Å². The largest absolute Gasteiger partial charge is 0.402 e. The van der Waals surface area contributed by atoms with Crippen LogP contribution in [0, 0.1) is 0 Å². The van der Waals surface area contributed by atoms with E-state index >= 15 is 0 Å². The molecule has 0 atom stereocenters. The summed E-state index contributed by atoms with van der Waals surface area (Å²) in [5.41, 5.74) is 6.43. The molecule has 3 nitrogen and oxygen atoms in total. The number of rotatable bonds is 3. The molecule has 0 aromatic rings. The van der Waals surface area contributed by atoms with Gasteiger partial charge in [-0.05, 0) is 18.0 Å². The summed E-state index contributed by atoms with van der Waals surface area (Å²) in [4.78, 5) is 0. The third kappa shape index (κ3) is 2.37. The molecule has 0 aliphatic heterocycles. The van der Waals surface area contributed by atoms with Gasteiger partial charge in [0, 0.05) is 5.70 Å². The smallest absolute Gasteiger partial charge is 0.273 e. The van der Waals surface area contributed by atoms with Gasteiger partial charge in [-0.3, -0.25) is 0 Å². The number of nitrogens with two attached hydrogens (primary N) is 2. The molecule has 0 aromatic heterocycles. The van der Waals surface area contributed by atoms with E-state index in [4.69, 9.17) is 27.9 Å². The Morgan fingerprint density at radius 3 is 2.30 bits per heavy atom. The Labute approximate surface area is 65.0 Å². The minimum absolute atomic E-state index is 0.0712. The van der Waals surface area contributed by atoms with Gasteiger partial charge in [0.1, 0.15) is 0 Å². The van der Waals surface area contributed by atoms with Gasteiger partial charge in [-0.25, -0.2) is 5.41 Å². The lowest BCUT2D eigenvalue weighted by molar-refractivity contribution is -0.109. The molecular weight excluding hydrogens is 152 g/mol. The normalized spacial score (nSPS) is 12.7. The Morgan fingerprint density at radius 1 is 1.70 bits per heavy atom. The van der Waals surface area contributed by atoms with Gasteiger partial charge in [0.05, 0.1) is 12.2 Å². The molecular formula is C6H12ClN2O+. The molecule has 0 rings (SSSR count). The molecule has 0 fully saturated rings. The highest BCUT2D eigenvalue weighted by Crippen LogP contribution is 2.03. The molecule has 4 heteroatoms. The average molecular weight is 164 g/mol. The molecule has 0 aromatic carbocycles. The first-order valence-electron chi connectivity index (χ1n) is 3.00. The van der Waals surface area contributed by atoms with Crippen LogP contribution in [-0.4, -0.2) is 16.9 Å². The molecule has 0 bridgehead atoms. The van der Waals surface area contributed by atoms with E-state index in [2.05, 4.69) is 0 Å². The van der Waals surface area contributed by atoms with Crippen molar-refractivity contribution in [2.75, 3.05) is 6.61 Å². The van der Waals surface area contributed by atoms with Gasteiger partial charge in [0.2, 0.25) is 0 Å². The fourth-order valence-electron chi connectivity index (χ4n) is 0.544. The van der Waals surface area contributed by atoms with Gasteiger partial charge in [-0.15, -0.1) is 0 Å². The van der Waals surface area contributed by atoms with Crippen LogP contribution >= 0.6 is 11.6 Å². The second-order valence-electron chi connectivity index (χ2n) is 1.86. The van der Waals surface area contributed by atoms with Crippen LogP contribution in [0.15, 0.2) is 11.3 Å². The number of hydrogen-bond acceptors (Lipinski definition) is 2. The van der Waals surface area contributed by atoms with Crippen LogP contribution in [-0.2, 0) is 0 Å². The molecule has 0 radical (unpaired) electrons. The van der Waals surface area contributed by atoms with E-state index in [1.54, 1.807) is 0 Å². The lowest BCUT2D eigenvalue weighted by atomic mass is 10.2. The number of aliphatic hydroxyl groups excluding tert-OH is 1. The summed E-state index contributed by atoms with van der Waals surface area (Å²) in [7, 11) is 0. The molecule has 0 spiro atoms. The van der Waals surface area contributed by atoms with E-state index in [0.717, 1.165) is 0 Å². The van der Waals surface area contributed by atoms with E-state index < -0.39 is 0 Å². The van der Waals surface area contributed by atoms with Crippen molar-refractivity contribution in [3.8, 4) is 0 Å². The average Bonchev–Trinajstić information content (AvgIpc) is 1.88. The van der Waals surface area contributed by atoms with Gasteiger partial charge < -0.3 is 10.8 Å². The minimum Gasteiger partial charge on any atom is -0.402 e. The van der Waals surface area contributed by atoms with Crippen molar-refractivity contribution in [2.45, 2.75) is 13.3 Å². The van der Waals surface area contributed by atoms with Crippen LogP contribution in [0.2, 0.25) is 0 Å². The maximum atomic E-state index is 8.67. The van der Waals surface area contributed by atoms with Gasteiger partial charge >= 0.3 is 0 Å². The second kappa shape index (κ2) is 4.30. The topological polar surface area (TPSA) is 71.8 Å². The lowest BCUT2D eigenvalue weighted by Crippen LogP contribution is -2.38. The van der Waals surface area contributed by atoms with Gasteiger partial charge in [-0.2, -0.15) is 0 Å². The number of halogens is 1. The highest BCUT2D eigenvalue weighted by Gasteiger charge is 2.09. The van der Waals surface area contributed by atoms with Crippen molar-refractivity contribution in [1.29, 1.82) is 0 Å². The molecule has 0 unspecified atom stereocenters. The van der Waals surface area contributed by atoms with Crippen molar-refractivity contribution in [2.24, 2.45) is 5.73 Å². The summed E-state index contributed by atoms with van der Waals surface area (Å²) in [5, 5.41) is 14.0. The SMILES string of the molecule is CCC(N)=C(CO)C(=[NH2+])Cl. The predicted octanol–water partition coefficient (Wildman–Crippen LogP) is -1.00. The summed E-state index contributed by atoms with van der Waals surface area (Å²) in [6, 6.07) is 0. The fourth-order valence-corrected chi connectivity index (χ4v) is 0.725. The van der Waals surface area contributed by atoms with Gasteiger partial charge in [-0.1, -0.05) is 6.92 Å². The van der Waals surface area contributed by atoms with Crippen LogP contribution in [0.25, 0.3) is 0 Å². The molecule has 58 valence electrons. The monoisotopic (exact) mass is 163 g/mol.